The Morgan fingerprint density at radius 3 is 2.46 bits per heavy atom. The first-order valence-electron chi connectivity index (χ1n) is 12.3. The SMILES string of the molecule is CCOC(=O)c1cccc(NC(=O)CSc2nnc([C@@H](NC(=O)c3cccc([N+](=O)[O-])c3)C(C)C)n2CC)c1. The molecule has 1 aromatic heterocycles. The number of carbonyl (C=O) groups excluding carboxylic acids is 3. The van der Waals surface area contributed by atoms with Gasteiger partial charge in [0.2, 0.25) is 5.91 Å². The molecule has 0 aliphatic heterocycles. The Morgan fingerprint density at radius 1 is 1.08 bits per heavy atom. The first kappa shape index (κ1) is 29.3. The van der Waals surface area contributed by atoms with E-state index in [-0.39, 0.29) is 35.4 Å². The topological polar surface area (TPSA) is 158 Å². The van der Waals surface area contributed by atoms with Gasteiger partial charge < -0.3 is 19.9 Å². The highest BCUT2D eigenvalue weighted by Gasteiger charge is 2.27. The fourth-order valence-electron chi connectivity index (χ4n) is 3.71. The lowest BCUT2D eigenvalue weighted by Gasteiger charge is -2.22. The highest BCUT2D eigenvalue weighted by molar-refractivity contribution is 7.99. The summed E-state index contributed by atoms with van der Waals surface area (Å²) in [5.41, 5.74) is 0.790. The second-order valence-electron chi connectivity index (χ2n) is 8.73. The van der Waals surface area contributed by atoms with Crippen molar-refractivity contribution in [2.24, 2.45) is 5.92 Å². The lowest BCUT2D eigenvalue weighted by molar-refractivity contribution is -0.384. The van der Waals surface area contributed by atoms with Crippen LogP contribution in [-0.2, 0) is 16.1 Å². The van der Waals surface area contributed by atoms with E-state index < -0.39 is 22.8 Å². The first-order valence-corrected chi connectivity index (χ1v) is 13.3. The number of nitrogens with zero attached hydrogens (tertiary/aromatic N) is 4. The third kappa shape index (κ3) is 7.63. The van der Waals surface area contributed by atoms with Gasteiger partial charge in [0.05, 0.1) is 28.9 Å². The average Bonchev–Trinajstić information content (AvgIpc) is 3.33. The summed E-state index contributed by atoms with van der Waals surface area (Å²) in [7, 11) is 0. The first-order chi connectivity index (χ1) is 18.6. The number of aromatic nitrogens is 3. The zero-order chi connectivity index (χ0) is 28.5. The van der Waals surface area contributed by atoms with Gasteiger partial charge in [-0.05, 0) is 44.0 Å². The van der Waals surface area contributed by atoms with Crippen LogP contribution in [0.4, 0.5) is 11.4 Å². The Kier molecular flexibility index (Phi) is 10.1. The zero-order valence-corrected chi connectivity index (χ0v) is 22.9. The summed E-state index contributed by atoms with van der Waals surface area (Å²) < 4.78 is 6.81. The number of nitro benzene ring substituents is 1. The van der Waals surface area contributed by atoms with Crippen molar-refractivity contribution in [3.05, 3.63) is 75.6 Å². The van der Waals surface area contributed by atoms with Crippen LogP contribution in [0.5, 0.6) is 0 Å². The molecule has 13 heteroatoms. The molecular formula is C26H30N6O6S. The van der Waals surface area contributed by atoms with Gasteiger partial charge in [-0.1, -0.05) is 37.7 Å². The monoisotopic (exact) mass is 554 g/mol. The summed E-state index contributed by atoms with van der Waals surface area (Å²) >= 11 is 1.19. The van der Waals surface area contributed by atoms with Crippen molar-refractivity contribution in [3.8, 4) is 0 Å². The van der Waals surface area contributed by atoms with Crippen molar-refractivity contribution < 1.29 is 24.0 Å². The summed E-state index contributed by atoms with van der Waals surface area (Å²) in [5, 5.41) is 25.8. The van der Waals surface area contributed by atoms with Crippen molar-refractivity contribution in [3.63, 3.8) is 0 Å². The van der Waals surface area contributed by atoms with E-state index in [2.05, 4.69) is 20.8 Å². The Morgan fingerprint density at radius 2 is 1.79 bits per heavy atom. The minimum absolute atomic E-state index is 0.0359. The van der Waals surface area contributed by atoms with Gasteiger partial charge in [-0.15, -0.1) is 10.2 Å². The highest BCUT2D eigenvalue weighted by atomic mass is 32.2. The third-order valence-electron chi connectivity index (χ3n) is 5.60. The molecule has 2 amide bonds. The van der Waals surface area contributed by atoms with E-state index in [9.17, 15) is 24.5 Å². The Labute approximate surface area is 229 Å². The zero-order valence-electron chi connectivity index (χ0n) is 22.0. The molecule has 39 heavy (non-hydrogen) atoms. The van der Waals surface area contributed by atoms with E-state index in [0.29, 0.717) is 28.8 Å². The van der Waals surface area contributed by atoms with Crippen LogP contribution < -0.4 is 10.6 Å². The maximum Gasteiger partial charge on any atom is 0.338 e. The Balaban J connectivity index is 1.70. The molecule has 1 atom stereocenters. The van der Waals surface area contributed by atoms with E-state index in [1.165, 1.54) is 36.0 Å². The number of amides is 2. The number of hydrogen-bond donors (Lipinski definition) is 2. The number of nitrogens with one attached hydrogen (secondary N) is 2. The summed E-state index contributed by atoms with van der Waals surface area (Å²) in [4.78, 5) is 48.0. The lowest BCUT2D eigenvalue weighted by atomic mass is 10.0. The fourth-order valence-corrected chi connectivity index (χ4v) is 4.52. The van der Waals surface area contributed by atoms with Gasteiger partial charge in [0.1, 0.15) is 0 Å². The van der Waals surface area contributed by atoms with Crippen molar-refractivity contribution in [2.75, 3.05) is 17.7 Å². The van der Waals surface area contributed by atoms with Crippen molar-refractivity contribution in [1.29, 1.82) is 0 Å². The van der Waals surface area contributed by atoms with Gasteiger partial charge in [-0.3, -0.25) is 19.7 Å². The molecule has 0 aliphatic carbocycles. The lowest BCUT2D eigenvalue weighted by Crippen LogP contribution is -2.33. The molecule has 3 aromatic rings. The van der Waals surface area contributed by atoms with Crippen molar-refractivity contribution >= 4 is 40.9 Å². The summed E-state index contributed by atoms with van der Waals surface area (Å²) in [6.07, 6.45) is 0. The number of esters is 1. The number of anilines is 1. The second-order valence-corrected chi connectivity index (χ2v) is 9.67. The van der Waals surface area contributed by atoms with Crippen molar-refractivity contribution in [2.45, 2.75) is 45.4 Å². The quantitative estimate of drug-likeness (QED) is 0.144. The van der Waals surface area contributed by atoms with Crippen LogP contribution in [0.2, 0.25) is 0 Å². The molecule has 3 rings (SSSR count). The van der Waals surface area contributed by atoms with Crippen LogP contribution in [0, 0.1) is 16.0 Å². The number of rotatable bonds is 12. The summed E-state index contributed by atoms with van der Waals surface area (Å²) in [6.45, 7) is 8.19. The molecular weight excluding hydrogens is 524 g/mol. The van der Waals surface area contributed by atoms with Crippen LogP contribution in [0.15, 0.2) is 53.7 Å². The molecule has 12 nitrogen and oxygen atoms in total. The number of ether oxygens (including phenoxy) is 1. The summed E-state index contributed by atoms with van der Waals surface area (Å²) in [6, 6.07) is 11.5. The highest BCUT2D eigenvalue weighted by Crippen LogP contribution is 2.26. The van der Waals surface area contributed by atoms with Gasteiger partial charge in [0.25, 0.3) is 11.6 Å². The van der Waals surface area contributed by atoms with Crippen molar-refractivity contribution in [1.82, 2.24) is 20.1 Å². The number of thioether (sulfide) groups is 1. The molecule has 0 saturated heterocycles. The maximum absolute atomic E-state index is 12.9. The van der Waals surface area contributed by atoms with Gasteiger partial charge in [-0.25, -0.2) is 4.79 Å². The largest absolute Gasteiger partial charge is 0.462 e. The standard InChI is InChI=1S/C26H30N6O6S/c1-5-31-23(22(16(3)4)28-24(34)17-9-8-12-20(14-17)32(36)37)29-30-26(31)39-15-21(33)27-19-11-7-10-18(13-19)25(35)38-6-2/h7-14,16,22H,5-6,15H2,1-4H3,(H,27,33)(H,28,34)/t22-/m0/s1. The Bertz CT molecular complexity index is 1360. The van der Waals surface area contributed by atoms with E-state index in [4.69, 9.17) is 4.74 Å². The van der Waals surface area contributed by atoms with E-state index in [0.717, 1.165) is 0 Å². The predicted octanol–water partition coefficient (Wildman–Crippen LogP) is 4.24. The fraction of sp³-hybridized carbons (Fsp3) is 0.346. The minimum Gasteiger partial charge on any atom is -0.462 e. The maximum atomic E-state index is 12.9. The average molecular weight is 555 g/mol. The number of hydrogen-bond acceptors (Lipinski definition) is 9. The minimum atomic E-state index is -0.554. The van der Waals surface area contributed by atoms with E-state index in [1.54, 1.807) is 31.2 Å². The number of non-ortho nitro benzene ring substituents is 1. The van der Waals surface area contributed by atoms with Crippen LogP contribution >= 0.6 is 11.8 Å². The number of nitro groups is 1. The molecule has 2 aromatic carbocycles. The van der Waals surface area contributed by atoms with E-state index in [1.807, 2.05) is 25.3 Å². The molecule has 0 aliphatic rings. The summed E-state index contributed by atoms with van der Waals surface area (Å²) in [5.74, 6) is -0.766. The molecule has 0 radical (unpaired) electrons. The predicted molar refractivity (Wildman–Crippen MR) is 146 cm³/mol. The second kappa shape index (κ2) is 13.5. The van der Waals surface area contributed by atoms with Crippen LogP contribution in [0.1, 0.15) is 60.3 Å². The van der Waals surface area contributed by atoms with E-state index >= 15 is 0 Å². The molecule has 0 fully saturated rings. The molecule has 206 valence electrons. The molecule has 0 unspecified atom stereocenters. The van der Waals surface area contributed by atoms with Gasteiger partial charge >= 0.3 is 5.97 Å². The van der Waals surface area contributed by atoms with Crippen LogP contribution in [-0.4, -0.2) is 49.8 Å². The molecule has 1 heterocycles. The normalized spacial score (nSPS) is 11.6. The van der Waals surface area contributed by atoms with Gasteiger partial charge in [0, 0.05) is 29.9 Å². The number of carbonyl (C=O) groups is 3. The molecule has 0 saturated carbocycles. The van der Waals surface area contributed by atoms with Crippen LogP contribution in [0.25, 0.3) is 0 Å². The number of benzene rings is 2. The third-order valence-corrected chi connectivity index (χ3v) is 6.57. The molecule has 0 spiro atoms. The smallest absolute Gasteiger partial charge is 0.338 e. The Hall–Kier alpha value is -4.26. The molecule has 0 bridgehead atoms. The van der Waals surface area contributed by atoms with Crippen LogP contribution in [0.3, 0.4) is 0 Å². The molecule has 2 N–H and O–H groups in total. The van der Waals surface area contributed by atoms with Gasteiger partial charge in [0.15, 0.2) is 11.0 Å². The van der Waals surface area contributed by atoms with Gasteiger partial charge in [-0.2, -0.15) is 0 Å².